The van der Waals surface area contributed by atoms with Crippen LogP contribution < -0.4 is 0 Å². The summed E-state index contributed by atoms with van der Waals surface area (Å²) in [6, 6.07) is 11.4. The second-order valence-corrected chi connectivity index (χ2v) is 7.33. The predicted molar refractivity (Wildman–Crippen MR) is 99.6 cm³/mol. The first kappa shape index (κ1) is 17.9. The van der Waals surface area contributed by atoms with E-state index in [0.29, 0.717) is 12.1 Å². The van der Waals surface area contributed by atoms with Crippen LogP contribution in [0.3, 0.4) is 0 Å². The van der Waals surface area contributed by atoms with Crippen LogP contribution in [0.2, 0.25) is 0 Å². The number of esters is 1. The molecule has 26 heavy (non-hydrogen) atoms. The topological polar surface area (TPSA) is 77.2 Å². The molecule has 1 N–H and O–H groups in total. The average Bonchev–Trinajstić information content (AvgIpc) is 3.03. The van der Waals surface area contributed by atoms with Crippen molar-refractivity contribution in [1.82, 2.24) is 15.0 Å². The summed E-state index contributed by atoms with van der Waals surface area (Å²) in [5.41, 5.74) is 3.60. The van der Waals surface area contributed by atoms with Gasteiger partial charge in [0, 0.05) is 12.0 Å². The summed E-state index contributed by atoms with van der Waals surface area (Å²) in [6.07, 6.45) is 0.804. The standard InChI is InChI=1S/C20H23N3O3/c1-20(2,3)14-11-13(9-10-18(24)26-4)12-17(19(14)25)23-16-8-6-5-7-15(16)21-22-23/h5-8,11-12,25H,9-10H2,1-4H3. The number of phenolic OH excluding ortho intramolecular Hbond substituents is 1. The number of nitrogens with zero attached hydrogens (tertiary/aromatic N) is 3. The molecule has 0 spiro atoms. The van der Waals surface area contributed by atoms with Crippen molar-refractivity contribution in [3.8, 4) is 11.4 Å². The number of fused-ring (bicyclic) bond motifs is 1. The highest BCUT2D eigenvalue weighted by molar-refractivity contribution is 5.77. The van der Waals surface area contributed by atoms with Crippen LogP contribution in [-0.4, -0.2) is 33.2 Å². The normalized spacial score (nSPS) is 11.7. The van der Waals surface area contributed by atoms with Gasteiger partial charge in [0.15, 0.2) is 0 Å². The van der Waals surface area contributed by atoms with E-state index in [4.69, 9.17) is 4.74 Å². The number of para-hydroxylation sites is 1. The van der Waals surface area contributed by atoms with Crippen molar-refractivity contribution in [1.29, 1.82) is 0 Å². The van der Waals surface area contributed by atoms with Gasteiger partial charge in [0.2, 0.25) is 0 Å². The summed E-state index contributed by atoms with van der Waals surface area (Å²) in [7, 11) is 1.38. The van der Waals surface area contributed by atoms with Gasteiger partial charge >= 0.3 is 5.97 Å². The molecule has 6 nitrogen and oxygen atoms in total. The molecule has 0 saturated carbocycles. The summed E-state index contributed by atoms with van der Waals surface area (Å²) in [5, 5.41) is 19.3. The lowest BCUT2D eigenvalue weighted by molar-refractivity contribution is -0.140. The Morgan fingerprint density at radius 2 is 1.96 bits per heavy atom. The number of aromatic hydroxyl groups is 1. The third-order valence-electron chi connectivity index (χ3n) is 4.38. The molecule has 0 fully saturated rings. The van der Waals surface area contributed by atoms with E-state index >= 15 is 0 Å². The first-order valence-corrected chi connectivity index (χ1v) is 8.55. The van der Waals surface area contributed by atoms with Crippen LogP contribution in [0.15, 0.2) is 36.4 Å². The minimum Gasteiger partial charge on any atom is -0.505 e. The fourth-order valence-corrected chi connectivity index (χ4v) is 2.95. The van der Waals surface area contributed by atoms with Crippen LogP contribution in [0.25, 0.3) is 16.7 Å². The second kappa shape index (κ2) is 6.78. The number of rotatable bonds is 4. The molecule has 0 saturated heterocycles. The van der Waals surface area contributed by atoms with Crippen molar-refractivity contribution in [2.24, 2.45) is 0 Å². The third-order valence-corrected chi connectivity index (χ3v) is 4.38. The Hall–Kier alpha value is -2.89. The lowest BCUT2D eigenvalue weighted by Crippen LogP contribution is -2.14. The molecule has 0 bridgehead atoms. The fraction of sp³-hybridized carbons (Fsp3) is 0.350. The van der Waals surface area contributed by atoms with Crippen LogP contribution in [0.5, 0.6) is 5.75 Å². The van der Waals surface area contributed by atoms with Crippen molar-refractivity contribution in [3.63, 3.8) is 0 Å². The smallest absolute Gasteiger partial charge is 0.305 e. The van der Waals surface area contributed by atoms with E-state index in [2.05, 4.69) is 10.3 Å². The summed E-state index contributed by atoms with van der Waals surface area (Å²) < 4.78 is 6.38. The quantitative estimate of drug-likeness (QED) is 0.726. The molecule has 0 atom stereocenters. The Balaban J connectivity index is 2.15. The maximum Gasteiger partial charge on any atom is 0.305 e. The average molecular weight is 353 g/mol. The number of ether oxygens (including phenoxy) is 1. The van der Waals surface area contributed by atoms with E-state index in [1.54, 1.807) is 4.68 Å². The van der Waals surface area contributed by atoms with Crippen molar-refractivity contribution in [3.05, 3.63) is 47.5 Å². The molecule has 0 amide bonds. The van der Waals surface area contributed by atoms with Gasteiger partial charge in [0.1, 0.15) is 17.0 Å². The van der Waals surface area contributed by atoms with Gasteiger partial charge < -0.3 is 9.84 Å². The monoisotopic (exact) mass is 353 g/mol. The zero-order valence-electron chi connectivity index (χ0n) is 15.5. The summed E-state index contributed by atoms with van der Waals surface area (Å²) in [4.78, 5) is 11.5. The zero-order chi connectivity index (χ0) is 18.9. The number of phenols is 1. The van der Waals surface area contributed by atoms with Gasteiger partial charge in [0.25, 0.3) is 0 Å². The summed E-state index contributed by atoms with van der Waals surface area (Å²) in [5.74, 6) is -0.0851. The maximum absolute atomic E-state index is 11.5. The number of hydrogen-bond donors (Lipinski definition) is 1. The molecule has 136 valence electrons. The molecule has 1 aromatic heterocycles. The van der Waals surface area contributed by atoms with Gasteiger partial charge in [-0.3, -0.25) is 4.79 Å². The Bertz CT molecular complexity index is 955. The number of carbonyl (C=O) groups excluding carboxylic acids is 1. The molecule has 0 aliphatic rings. The van der Waals surface area contributed by atoms with E-state index in [0.717, 1.165) is 22.2 Å². The second-order valence-electron chi connectivity index (χ2n) is 7.33. The molecule has 3 rings (SSSR count). The summed E-state index contributed by atoms with van der Waals surface area (Å²) >= 11 is 0. The Morgan fingerprint density at radius 3 is 2.65 bits per heavy atom. The molecule has 0 radical (unpaired) electrons. The van der Waals surface area contributed by atoms with Gasteiger partial charge in [-0.2, -0.15) is 0 Å². The number of benzene rings is 2. The van der Waals surface area contributed by atoms with Gasteiger partial charge in [-0.15, -0.1) is 5.10 Å². The number of aryl methyl sites for hydroxylation is 1. The first-order chi connectivity index (χ1) is 12.3. The number of hydrogen-bond acceptors (Lipinski definition) is 5. The highest BCUT2D eigenvalue weighted by atomic mass is 16.5. The van der Waals surface area contributed by atoms with Crippen molar-refractivity contribution in [2.45, 2.75) is 39.0 Å². The molecule has 0 aliphatic heterocycles. The predicted octanol–water partition coefficient (Wildman–Crippen LogP) is 3.53. The SMILES string of the molecule is COC(=O)CCc1cc(-n2nnc3ccccc32)c(O)c(C(C)(C)C)c1. The molecular weight excluding hydrogens is 330 g/mol. The van der Waals surface area contributed by atoms with Crippen molar-refractivity contribution in [2.75, 3.05) is 7.11 Å². The van der Waals surface area contributed by atoms with Gasteiger partial charge in [-0.05, 0) is 35.6 Å². The van der Waals surface area contributed by atoms with E-state index in [1.165, 1.54) is 7.11 Å². The molecule has 0 aliphatic carbocycles. The van der Waals surface area contributed by atoms with E-state index in [-0.39, 0.29) is 23.6 Å². The Labute approximate surface area is 152 Å². The van der Waals surface area contributed by atoms with E-state index in [9.17, 15) is 9.90 Å². The lowest BCUT2D eigenvalue weighted by Gasteiger charge is -2.23. The van der Waals surface area contributed by atoms with Crippen molar-refractivity contribution < 1.29 is 14.6 Å². The first-order valence-electron chi connectivity index (χ1n) is 8.55. The molecule has 1 heterocycles. The van der Waals surface area contributed by atoms with E-state index in [1.807, 2.05) is 57.2 Å². The minimum absolute atomic E-state index is 0.176. The number of aromatic nitrogens is 3. The van der Waals surface area contributed by atoms with Crippen LogP contribution in [0, 0.1) is 0 Å². The Kier molecular flexibility index (Phi) is 4.68. The highest BCUT2D eigenvalue weighted by Gasteiger charge is 2.23. The van der Waals surface area contributed by atoms with Crippen LogP contribution in [0.1, 0.15) is 38.3 Å². The lowest BCUT2D eigenvalue weighted by atomic mass is 9.84. The zero-order valence-corrected chi connectivity index (χ0v) is 15.5. The van der Waals surface area contributed by atoms with Crippen LogP contribution in [-0.2, 0) is 21.4 Å². The third kappa shape index (κ3) is 3.40. The van der Waals surface area contributed by atoms with Gasteiger partial charge in [-0.1, -0.05) is 44.2 Å². The minimum atomic E-state index is -0.267. The molecule has 0 unspecified atom stereocenters. The van der Waals surface area contributed by atoms with Crippen molar-refractivity contribution >= 4 is 17.0 Å². The van der Waals surface area contributed by atoms with Gasteiger partial charge in [-0.25, -0.2) is 4.68 Å². The van der Waals surface area contributed by atoms with Crippen LogP contribution >= 0.6 is 0 Å². The number of carbonyl (C=O) groups is 1. The maximum atomic E-state index is 11.5. The molecular formula is C20H23N3O3. The Morgan fingerprint density at radius 1 is 1.23 bits per heavy atom. The molecule has 3 aromatic rings. The molecule has 6 heteroatoms. The highest BCUT2D eigenvalue weighted by Crippen LogP contribution is 2.37. The fourth-order valence-electron chi connectivity index (χ4n) is 2.95. The van der Waals surface area contributed by atoms with Gasteiger partial charge in [0.05, 0.1) is 12.6 Å². The number of methoxy groups -OCH3 is 1. The molecule has 2 aromatic carbocycles. The van der Waals surface area contributed by atoms with Crippen LogP contribution in [0.4, 0.5) is 0 Å². The van der Waals surface area contributed by atoms with E-state index < -0.39 is 0 Å². The largest absolute Gasteiger partial charge is 0.505 e. The summed E-state index contributed by atoms with van der Waals surface area (Å²) in [6.45, 7) is 6.11.